The van der Waals surface area contributed by atoms with E-state index in [1.807, 2.05) is 6.07 Å². The van der Waals surface area contributed by atoms with Crippen LogP contribution in [0.1, 0.15) is 17.0 Å². The third-order valence-electron chi connectivity index (χ3n) is 3.41. The molecular formula is C15H20N2O5S. The number of sulfonamides is 1. The quantitative estimate of drug-likeness (QED) is 0.827. The third-order valence-corrected chi connectivity index (χ3v) is 5.12. The summed E-state index contributed by atoms with van der Waals surface area (Å²) in [4.78, 5) is 0.0927. The van der Waals surface area contributed by atoms with Crippen molar-refractivity contribution in [1.82, 2.24) is 9.88 Å². The first-order valence-electron chi connectivity index (χ1n) is 7.02. The Kier molecular flexibility index (Phi) is 5.27. The molecule has 0 amide bonds. The van der Waals surface area contributed by atoms with Crippen LogP contribution in [0.4, 0.5) is 0 Å². The molecule has 0 bridgehead atoms. The highest BCUT2D eigenvalue weighted by atomic mass is 32.2. The van der Waals surface area contributed by atoms with E-state index in [9.17, 15) is 8.42 Å². The molecule has 0 aliphatic rings. The van der Waals surface area contributed by atoms with E-state index in [-0.39, 0.29) is 17.2 Å². The zero-order valence-electron chi connectivity index (χ0n) is 13.5. The van der Waals surface area contributed by atoms with Crippen LogP contribution in [0, 0.1) is 13.8 Å². The Morgan fingerprint density at radius 3 is 2.52 bits per heavy atom. The van der Waals surface area contributed by atoms with Crippen molar-refractivity contribution >= 4 is 10.0 Å². The SMILES string of the molecule is COc1ccc(OC)c(CCNS(=O)(=O)c2c(C)noc2C)c1. The van der Waals surface area contributed by atoms with E-state index in [1.165, 1.54) is 0 Å². The van der Waals surface area contributed by atoms with Gasteiger partial charge in [-0.1, -0.05) is 5.16 Å². The summed E-state index contributed by atoms with van der Waals surface area (Å²) in [6.07, 6.45) is 0.461. The van der Waals surface area contributed by atoms with E-state index in [0.717, 1.165) is 5.56 Å². The first kappa shape index (κ1) is 17.3. The molecule has 126 valence electrons. The number of methoxy groups -OCH3 is 2. The average molecular weight is 340 g/mol. The van der Waals surface area contributed by atoms with Gasteiger partial charge in [0.05, 0.1) is 14.2 Å². The van der Waals surface area contributed by atoms with Gasteiger partial charge < -0.3 is 14.0 Å². The van der Waals surface area contributed by atoms with Gasteiger partial charge in [-0.3, -0.25) is 0 Å². The van der Waals surface area contributed by atoms with Gasteiger partial charge in [0.2, 0.25) is 10.0 Å². The summed E-state index contributed by atoms with van der Waals surface area (Å²) in [6.45, 7) is 3.38. The van der Waals surface area contributed by atoms with Gasteiger partial charge >= 0.3 is 0 Å². The van der Waals surface area contributed by atoms with Crippen molar-refractivity contribution in [3.05, 3.63) is 35.2 Å². The highest BCUT2D eigenvalue weighted by Gasteiger charge is 2.23. The lowest BCUT2D eigenvalue weighted by atomic mass is 10.1. The lowest BCUT2D eigenvalue weighted by Gasteiger charge is -2.11. The highest BCUT2D eigenvalue weighted by Crippen LogP contribution is 2.24. The highest BCUT2D eigenvalue weighted by molar-refractivity contribution is 7.89. The van der Waals surface area contributed by atoms with Crippen molar-refractivity contribution in [3.8, 4) is 11.5 Å². The average Bonchev–Trinajstić information content (AvgIpc) is 2.86. The lowest BCUT2D eigenvalue weighted by Crippen LogP contribution is -2.27. The summed E-state index contributed by atoms with van der Waals surface area (Å²) in [7, 11) is -0.518. The molecule has 0 fully saturated rings. The number of nitrogens with zero attached hydrogens (tertiary/aromatic N) is 1. The van der Waals surface area contributed by atoms with Gasteiger partial charge in [-0.05, 0) is 44.0 Å². The minimum absolute atomic E-state index is 0.0927. The van der Waals surface area contributed by atoms with Crippen LogP contribution in [-0.2, 0) is 16.4 Å². The Labute approximate surface area is 135 Å². The number of ether oxygens (including phenoxy) is 2. The molecule has 0 saturated heterocycles. The third kappa shape index (κ3) is 3.83. The normalized spacial score (nSPS) is 11.5. The van der Waals surface area contributed by atoms with Gasteiger partial charge in [0.1, 0.15) is 22.1 Å². The molecule has 0 atom stereocenters. The van der Waals surface area contributed by atoms with Gasteiger partial charge in [0.25, 0.3) is 0 Å². The maximum atomic E-state index is 12.3. The molecule has 0 aliphatic heterocycles. The molecule has 1 N–H and O–H groups in total. The van der Waals surface area contributed by atoms with Crippen LogP contribution in [0.3, 0.4) is 0 Å². The minimum atomic E-state index is -3.66. The summed E-state index contributed by atoms with van der Waals surface area (Å²) < 4.78 is 42.6. The smallest absolute Gasteiger partial charge is 0.245 e. The van der Waals surface area contributed by atoms with Crippen LogP contribution in [0.25, 0.3) is 0 Å². The van der Waals surface area contributed by atoms with Gasteiger partial charge in [-0.15, -0.1) is 0 Å². The molecule has 0 radical (unpaired) electrons. The summed E-state index contributed by atoms with van der Waals surface area (Å²) >= 11 is 0. The lowest BCUT2D eigenvalue weighted by molar-refractivity contribution is 0.390. The van der Waals surface area contributed by atoms with Gasteiger partial charge in [-0.2, -0.15) is 0 Å². The molecule has 8 heteroatoms. The molecule has 1 aromatic heterocycles. The molecule has 0 aliphatic carbocycles. The van der Waals surface area contributed by atoms with Gasteiger partial charge in [0, 0.05) is 6.54 Å². The van der Waals surface area contributed by atoms with Crippen molar-refractivity contribution < 1.29 is 22.4 Å². The first-order valence-corrected chi connectivity index (χ1v) is 8.50. The second-order valence-electron chi connectivity index (χ2n) is 4.98. The van der Waals surface area contributed by atoms with Crippen LogP contribution >= 0.6 is 0 Å². The molecule has 2 rings (SSSR count). The molecule has 1 heterocycles. The van der Waals surface area contributed by atoms with E-state index in [1.54, 1.807) is 40.2 Å². The summed E-state index contributed by atoms with van der Waals surface area (Å²) in [5.74, 6) is 1.64. The van der Waals surface area contributed by atoms with E-state index in [0.29, 0.717) is 23.6 Å². The number of hydrogen-bond acceptors (Lipinski definition) is 6. The van der Waals surface area contributed by atoms with Crippen LogP contribution < -0.4 is 14.2 Å². The molecule has 23 heavy (non-hydrogen) atoms. The number of aromatic nitrogens is 1. The van der Waals surface area contributed by atoms with Crippen molar-refractivity contribution in [2.75, 3.05) is 20.8 Å². The van der Waals surface area contributed by atoms with Crippen molar-refractivity contribution in [2.24, 2.45) is 0 Å². The second-order valence-corrected chi connectivity index (χ2v) is 6.68. The Morgan fingerprint density at radius 1 is 1.22 bits per heavy atom. The predicted molar refractivity (Wildman–Crippen MR) is 84.4 cm³/mol. The van der Waals surface area contributed by atoms with E-state index < -0.39 is 10.0 Å². The van der Waals surface area contributed by atoms with E-state index >= 15 is 0 Å². The molecular weight excluding hydrogens is 320 g/mol. The van der Waals surface area contributed by atoms with Crippen LogP contribution in [-0.4, -0.2) is 34.3 Å². The molecule has 7 nitrogen and oxygen atoms in total. The largest absolute Gasteiger partial charge is 0.497 e. The second kappa shape index (κ2) is 7.01. The predicted octanol–water partition coefficient (Wildman–Crippen LogP) is 1.83. The first-order chi connectivity index (χ1) is 10.9. The maximum Gasteiger partial charge on any atom is 0.245 e. The maximum absolute atomic E-state index is 12.3. The fourth-order valence-corrected chi connectivity index (χ4v) is 3.68. The fourth-order valence-electron chi connectivity index (χ4n) is 2.33. The zero-order chi connectivity index (χ0) is 17.0. The Morgan fingerprint density at radius 2 is 1.96 bits per heavy atom. The number of rotatable bonds is 7. The van der Waals surface area contributed by atoms with Crippen molar-refractivity contribution in [2.45, 2.75) is 25.2 Å². The Balaban J connectivity index is 2.10. The van der Waals surface area contributed by atoms with Crippen molar-refractivity contribution in [3.63, 3.8) is 0 Å². The molecule has 0 unspecified atom stereocenters. The summed E-state index contributed by atoms with van der Waals surface area (Å²) in [5.41, 5.74) is 1.20. The van der Waals surface area contributed by atoms with Crippen LogP contribution in [0.15, 0.2) is 27.6 Å². The molecule has 0 spiro atoms. The van der Waals surface area contributed by atoms with E-state index in [4.69, 9.17) is 14.0 Å². The van der Waals surface area contributed by atoms with Crippen molar-refractivity contribution in [1.29, 1.82) is 0 Å². The monoisotopic (exact) mass is 340 g/mol. The van der Waals surface area contributed by atoms with E-state index in [2.05, 4.69) is 9.88 Å². The zero-order valence-corrected chi connectivity index (χ0v) is 14.4. The summed E-state index contributed by atoms with van der Waals surface area (Å²) in [6, 6.07) is 5.40. The standard InChI is InChI=1S/C15H20N2O5S/c1-10-15(11(2)22-17-10)23(18,19)16-8-7-12-9-13(20-3)5-6-14(12)21-4/h5-6,9,16H,7-8H2,1-4H3. The summed E-state index contributed by atoms with van der Waals surface area (Å²) in [5, 5.41) is 3.67. The van der Waals surface area contributed by atoms with Crippen LogP contribution in [0.5, 0.6) is 11.5 Å². The van der Waals surface area contributed by atoms with Gasteiger partial charge in [0.15, 0.2) is 5.76 Å². The number of nitrogens with one attached hydrogen (secondary N) is 1. The fraction of sp³-hybridized carbons (Fsp3) is 0.400. The molecule has 1 aromatic carbocycles. The number of aryl methyl sites for hydroxylation is 2. The Bertz CT molecular complexity index is 764. The Hall–Kier alpha value is -2.06. The van der Waals surface area contributed by atoms with Crippen LogP contribution in [0.2, 0.25) is 0 Å². The van der Waals surface area contributed by atoms with Gasteiger partial charge in [-0.25, -0.2) is 13.1 Å². The minimum Gasteiger partial charge on any atom is -0.497 e. The molecule has 0 saturated carbocycles. The number of hydrogen-bond donors (Lipinski definition) is 1. The number of benzene rings is 1. The topological polar surface area (TPSA) is 90.7 Å². The molecule has 2 aromatic rings.